The number of methoxy groups -OCH3 is 1. The van der Waals surface area contributed by atoms with E-state index in [1.165, 1.54) is 30.2 Å². The molecule has 2 aliphatic rings. The van der Waals surface area contributed by atoms with Crippen molar-refractivity contribution in [3.05, 3.63) is 47.4 Å². The molecule has 0 bridgehead atoms. The molecule has 2 heterocycles. The molecular formula is C22H21F2N5O3S. The normalized spacial score (nSPS) is 25.4. The number of amidine groups is 1. The van der Waals surface area contributed by atoms with Gasteiger partial charge in [-0.2, -0.15) is 0 Å². The smallest absolute Gasteiger partial charge is 0.275 e. The largest absolute Gasteiger partial charge is 0.463 e. The van der Waals surface area contributed by atoms with Gasteiger partial charge in [-0.3, -0.25) is 9.79 Å². The second-order valence-electron chi connectivity index (χ2n) is 7.96. The number of nitrogens with one attached hydrogen (secondary N) is 1. The Morgan fingerprint density at radius 3 is 2.85 bits per heavy atom. The second kappa shape index (κ2) is 8.61. The molecule has 8 nitrogen and oxygen atoms in total. The molecule has 3 unspecified atom stereocenters. The summed E-state index contributed by atoms with van der Waals surface area (Å²) in [7, 11) is 1.58. The molecule has 11 heteroatoms. The number of carbonyl (C=O) groups excluding carboxylic acids is 1. The maximum atomic E-state index is 15.0. The maximum absolute atomic E-state index is 15.0. The van der Waals surface area contributed by atoms with E-state index >= 15 is 0 Å². The van der Waals surface area contributed by atoms with Crippen LogP contribution in [0.25, 0.3) is 0 Å². The standard InChI is InChI=1S/C22H21F2N5O3S/c1-4-5-32-17-10-26-15(9-27-17)19(30)28-12-6-13(18(24)14(23)7-12)21(2)16-8-22(16,11-31-3)33-20(25)29-21/h1,6-7,9-10,16H,5,8,11H2,2-3H3,(H2,25,29)(H,28,30). The zero-order valence-corrected chi connectivity index (χ0v) is 18.7. The van der Waals surface area contributed by atoms with E-state index in [0.717, 1.165) is 6.07 Å². The highest BCUT2D eigenvalue weighted by atomic mass is 32.2. The molecule has 1 aliphatic heterocycles. The third-order valence-electron chi connectivity index (χ3n) is 5.74. The van der Waals surface area contributed by atoms with Crippen LogP contribution in [-0.2, 0) is 10.3 Å². The molecule has 1 saturated carbocycles. The van der Waals surface area contributed by atoms with Gasteiger partial charge < -0.3 is 20.5 Å². The predicted octanol–water partition coefficient (Wildman–Crippen LogP) is 2.70. The molecule has 1 aromatic heterocycles. The van der Waals surface area contributed by atoms with Crippen molar-refractivity contribution in [3.8, 4) is 18.2 Å². The lowest BCUT2D eigenvalue weighted by molar-refractivity contribution is 0.102. The Bertz CT molecular complexity index is 1170. The Balaban J connectivity index is 1.61. The van der Waals surface area contributed by atoms with Crippen molar-refractivity contribution in [1.82, 2.24) is 9.97 Å². The number of hydrogen-bond acceptors (Lipinski definition) is 8. The third kappa shape index (κ3) is 4.24. The topological polar surface area (TPSA) is 112 Å². The zero-order valence-electron chi connectivity index (χ0n) is 17.9. The van der Waals surface area contributed by atoms with Gasteiger partial charge in [0.2, 0.25) is 5.88 Å². The van der Waals surface area contributed by atoms with Crippen LogP contribution >= 0.6 is 11.8 Å². The van der Waals surface area contributed by atoms with Gasteiger partial charge in [0, 0.05) is 30.3 Å². The van der Waals surface area contributed by atoms with E-state index in [1.807, 2.05) is 0 Å². The van der Waals surface area contributed by atoms with Crippen molar-refractivity contribution >= 4 is 28.5 Å². The number of aromatic nitrogens is 2. The van der Waals surface area contributed by atoms with Crippen LogP contribution in [0.1, 0.15) is 29.4 Å². The Hall–Kier alpha value is -3.23. The number of benzene rings is 1. The average Bonchev–Trinajstić information content (AvgIpc) is 3.49. The number of thioether (sulfide) groups is 1. The van der Waals surface area contributed by atoms with Crippen molar-refractivity contribution < 1.29 is 23.0 Å². The molecule has 1 amide bonds. The highest BCUT2D eigenvalue weighted by Gasteiger charge is 2.66. The summed E-state index contributed by atoms with van der Waals surface area (Å²) in [6.07, 6.45) is 8.23. The van der Waals surface area contributed by atoms with Gasteiger partial charge in [-0.05, 0) is 19.4 Å². The first kappa shape index (κ1) is 22.9. The molecule has 0 saturated heterocycles. The first-order valence-corrected chi connectivity index (χ1v) is 10.8. The summed E-state index contributed by atoms with van der Waals surface area (Å²) in [6, 6.07) is 2.27. The number of amides is 1. The molecule has 1 aromatic carbocycles. The van der Waals surface area contributed by atoms with Crippen LogP contribution in [0.4, 0.5) is 14.5 Å². The number of carbonyl (C=O) groups is 1. The SMILES string of the molecule is C#CCOc1cnc(C(=O)Nc2cc(F)c(F)c(C3(C)N=C(N)SC4(COC)CC43)c2)cn1. The van der Waals surface area contributed by atoms with Crippen molar-refractivity contribution in [3.63, 3.8) is 0 Å². The Labute approximate surface area is 193 Å². The molecule has 172 valence electrons. The average molecular weight is 474 g/mol. The van der Waals surface area contributed by atoms with Crippen LogP contribution in [0, 0.1) is 29.9 Å². The van der Waals surface area contributed by atoms with E-state index in [4.69, 9.17) is 21.6 Å². The molecule has 0 spiro atoms. The Morgan fingerprint density at radius 1 is 1.39 bits per heavy atom. The van der Waals surface area contributed by atoms with Gasteiger partial charge in [0.15, 0.2) is 23.4 Å². The number of rotatable bonds is 7. The molecule has 4 rings (SSSR count). The van der Waals surface area contributed by atoms with Crippen LogP contribution < -0.4 is 15.8 Å². The maximum Gasteiger partial charge on any atom is 0.275 e. The highest BCUT2D eigenvalue weighted by molar-refractivity contribution is 8.15. The van der Waals surface area contributed by atoms with Gasteiger partial charge >= 0.3 is 0 Å². The van der Waals surface area contributed by atoms with E-state index < -0.39 is 23.1 Å². The molecule has 1 aliphatic carbocycles. The highest BCUT2D eigenvalue weighted by Crippen LogP contribution is 2.66. The summed E-state index contributed by atoms with van der Waals surface area (Å²) in [6.45, 7) is 2.13. The molecule has 0 radical (unpaired) electrons. The van der Waals surface area contributed by atoms with Crippen LogP contribution in [0.15, 0.2) is 29.5 Å². The fraction of sp³-hybridized carbons (Fsp3) is 0.364. The summed E-state index contributed by atoms with van der Waals surface area (Å²) in [5.74, 6) is -0.469. The van der Waals surface area contributed by atoms with Gasteiger partial charge in [0.05, 0.1) is 29.3 Å². The van der Waals surface area contributed by atoms with Gasteiger partial charge in [-0.25, -0.2) is 18.7 Å². The summed E-state index contributed by atoms with van der Waals surface area (Å²) in [4.78, 5) is 25.0. The molecule has 3 atom stereocenters. The summed E-state index contributed by atoms with van der Waals surface area (Å²) >= 11 is 1.39. The number of anilines is 1. The third-order valence-corrected chi connectivity index (χ3v) is 7.01. The van der Waals surface area contributed by atoms with Gasteiger partial charge in [-0.15, -0.1) is 6.42 Å². The van der Waals surface area contributed by atoms with Gasteiger partial charge in [0.25, 0.3) is 5.91 Å². The minimum Gasteiger partial charge on any atom is -0.463 e. The lowest BCUT2D eigenvalue weighted by Gasteiger charge is -2.34. The number of terminal acetylenes is 1. The first-order chi connectivity index (χ1) is 15.7. The minimum atomic E-state index is -1.12. The predicted molar refractivity (Wildman–Crippen MR) is 120 cm³/mol. The van der Waals surface area contributed by atoms with Crippen LogP contribution in [0.5, 0.6) is 5.88 Å². The van der Waals surface area contributed by atoms with Crippen LogP contribution in [0.2, 0.25) is 0 Å². The fourth-order valence-corrected chi connectivity index (χ4v) is 5.63. The van der Waals surface area contributed by atoms with Crippen molar-refractivity contribution in [1.29, 1.82) is 0 Å². The van der Waals surface area contributed by atoms with Crippen LogP contribution in [-0.4, -0.2) is 46.1 Å². The number of halogens is 2. The molecule has 1 fully saturated rings. The number of nitrogens with two attached hydrogens (primary N) is 1. The number of ether oxygens (including phenoxy) is 2. The van der Waals surface area contributed by atoms with E-state index in [0.29, 0.717) is 13.0 Å². The number of fused-ring (bicyclic) bond motifs is 1. The van der Waals surface area contributed by atoms with E-state index in [1.54, 1.807) is 14.0 Å². The van der Waals surface area contributed by atoms with Gasteiger partial charge in [-0.1, -0.05) is 17.7 Å². The number of hydrogen-bond donors (Lipinski definition) is 2. The van der Waals surface area contributed by atoms with E-state index in [9.17, 15) is 13.6 Å². The molecule has 33 heavy (non-hydrogen) atoms. The lowest BCUT2D eigenvalue weighted by atomic mass is 9.85. The lowest BCUT2D eigenvalue weighted by Crippen LogP contribution is -2.38. The van der Waals surface area contributed by atoms with Crippen molar-refractivity contribution in [2.24, 2.45) is 16.6 Å². The number of aliphatic imine (C=N–C) groups is 1. The van der Waals surface area contributed by atoms with E-state index in [-0.39, 0.29) is 45.3 Å². The van der Waals surface area contributed by atoms with Gasteiger partial charge in [0.1, 0.15) is 5.69 Å². The van der Waals surface area contributed by atoms with Crippen molar-refractivity contribution in [2.75, 3.05) is 25.6 Å². The molecule has 3 N–H and O–H groups in total. The summed E-state index contributed by atoms with van der Waals surface area (Å²) in [5, 5.41) is 2.81. The van der Waals surface area contributed by atoms with E-state index in [2.05, 4.69) is 26.2 Å². The zero-order chi connectivity index (χ0) is 23.8. The number of nitrogens with zero attached hydrogens (tertiary/aromatic N) is 3. The summed E-state index contributed by atoms with van der Waals surface area (Å²) < 4.78 is 39.6. The minimum absolute atomic E-state index is 0.00754. The van der Waals surface area contributed by atoms with Crippen LogP contribution in [0.3, 0.4) is 0 Å². The Morgan fingerprint density at radius 2 is 2.18 bits per heavy atom. The fourth-order valence-electron chi connectivity index (χ4n) is 4.18. The quantitative estimate of drug-likeness (QED) is 0.595. The second-order valence-corrected chi connectivity index (χ2v) is 9.40. The molecular weight excluding hydrogens is 452 g/mol. The monoisotopic (exact) mass is 473 g/mol. The summed E-state index contributed by atoms with van der Waals surface area (Å²) in [5.41, 5.74) is 4.94. The first-order valence-electron chi connectivity index (χ1n) is 9.95. The molecule has 2 aromatic rings. The van der Waals surface area contributed by atoms with Crippen molar-refractivity contribution in [2.45, 2.75) is 23.6 Å². The Kier molecular flexibility index (Phi) is 5.99.